The van der Waals surface area contributed by atoms with Crippen molar-refractivity contribution in [2.45, 2.75) is 31.3 Å². The summed E-state index contributed by atoms with van der Waals surface area (Å²) in [6.07, 6.45) is 3.65. The monoisotopic (exact) mass is 275 g/mol. The second-order valence-corrected chi connectivity index (χ2v) is 5.68. The van der Waals surface area contributed by atoms with Crippen LogP contribution in [0.15, 0.2) is 18.2 Å². The third-order valence-electron chi connectivity index (χ3n) is 4.04. The number of carbonyl (C=O) groups is 1. The van der Waals surface area contributed by atoms with Crippen molar-refractivity contribution in [3.63, 3.8) is 0 Å². The molecule has 2 aliphatic rings. The molecular weight excluding hydrogens is 254 g/mol. The first-order chi connectivity index (χ1) is 9.65. The van der Waals surface area contributed by atoms with E-state index in [-0.39, 0.29) is 11.9 Å². The van der Waals surface area contributed by atoms with E-state index >= 15 is 0 Å². The maximum absolute atomic E-state index is 12.3. The van der Waals surface area contributed by atoms with Crippen LogP contribution < -0.4 is 15.8 Å². The zero-order chi connectivity index (χ0) is 14.1. The van der Waals surface area contributed by atoms with Crippen LogP contribution in [0.5, 0.6) is 5.75 Å². The Kier molecular flexibility index (Phi) is 3.53. The summed E-state index contributed by atoms with van der Waals surface area (Å²) in [4.78, 5) is 14.7. The second kappa shape index (κ2) is 5.32. The Morgan fingerprint density at radius 3 is 2.85 bits per heavy atom. The molecule has 5 heteroatoms. The predicted octanol–water partition coefficient (Wildman–Crippen LogP) is 1.24. The molecule has 1 aromatic carbocycles. The van der Waals surface area contributed by atoms with Crippen molar-refractivity contribution in [3.05, 3.63) is 23.8 Å². The minimum atomic E-state index is -0.0711. The van der Waals surface area contributed by atoms with Gasteiger partial charge >= 0.3 is 0 Å². The van der Waals surface area contributed by atoms with E-state index < -0.39 is 0 Å². The van der Waals surface area contributed by atoms with Crippen LogP contribution in [0.1, 0.15) is 29.6 Å². The van der Waals surface area contributed by atoms with Crippen molar-refractivity contribution < 1.29 is 9.53 Å². The van der Waals surface area contributed by atoms with E-state index in [1.807, 2.05) is 0 Å². The molecule has 0 bridgehead atoms. The fraction of sp³-hybridized carbons (Fsp3) is 0.533. The normalized spacial score (nSPS) is 22.8. The van der Waals surface area contributed by atoms with Gasteiger partial charge in [0.15, 0.2) is 0 Å². The molecule has 108 valence electrons. The zero-order valence-corrected chi connectivity index (χ0v) is 11.8. The maximum Gasteiger partial charge on any atom is 0.251 e. The molecule has 1 aromatic rings. The number of benzene rings is 1. The molecule has 1 heterocycles. The topological polar surface area (TPSA) is 67.6 Å². The van der Waals surface area contributed by atoms with Gasteiger partial charge in [0, 0.05) is 42.5 Å². The van der Waals surface area contributed by atoms with Gasteiger partial charge in [-0.2, -0.15) is 0 Å². The van der Waals surface area contributed by atoms with Crippen molar-refractivity contribution in [1.29, 1.82) is 0 Å². The molecule has 3 rings (SSSR count). The molecule has 1 amide bonds. The zero-order valence-electron chi connectivity index (χ0n) is 11.8. The van der Waals surface area contributed by atoms with Crippen LogP contribution in [-0.4, -0.2) is 43.1 Å². The average molecular weight is 275 g/mol. The number of hydrogen-bond acceptors (Lipinski definition) is 4. The molecule has 0 aromatic heterocycles. The minimum Gasteiger partial charge on any atom is -0.497 e. The van der Waals surface area contributed by atoms with E-state index in [2.05, 4.69) is 10.2 Å². The first-order valence-corrected chi connectivity index (χ1v) is 7.15. The van der Waals surface area contributed by atoms with Crippen molar-refractivity contribution in [1.82, 2.24) is 10.2 Å². The van der Waals surface area contributed by atoms with Gasteiger partial charge < -0.3 is 15.8 Å². The lowest BCUT2D eigenvalue weighted by atomic mass is 10.1. The molecule has 3 N–H and O–H groups in total. The van der Waals surface area contributed by atoms with Crippen molar-refractivity contribution in [2.75, 3.05) is 25.9 Å². The van der Waals surface area contributed by atoms with E-state index in [0.717, 1.165) is 25.6 Å². The third-order valence-corrected chi connectivity index (χ3v) is 4.04. The van der Waals surface area contributed by atoms with Crippen LogP contribution >= 0.6 is 0 Å². The van der Waals surface area contributed by atoms with E-state index in [1.54, 1.807) is 25.3 Å². The Hall–Kier alpha value is -1.75. The maximum atomic E-state index is 12.3. The summed E-state index contributed by atoms with van der Waals surface area (Å²) in [6, 6.07) is 6.13. The number of nitrogens with zero attached hydrogens (tertiary/aromatic N) is 1. The number of nitrogen functional groups attached to an aromatic ring is 1. The lowest BCUT2D eigenvalue weighted by molar-refractivity contribution is 0.0937. The van der Waals surface area contributed by atoms with Gasteiger partial charge in [0.1, 0.15) is 5.75 Å². The Morgan fingerprint density at radius 1 is 1.35 bits per heavy atom. The van der Waals surface area contributed by atoms with E-state index in [1.165, 1.54) is 12.8 Å². The SMILES string of the molecule is COc1cc(N)cc(C(=O)NC2CCN(C3CC3)C2)c1. The molecule has 1 saturated heterocycles. The quantitative estimate of drug-likeness (QED) is 0.811. The summed E-state index contributed by atoms with van der Waals surface area (Å²) in [5.41, 5.74) is 6.89. The fourth-order valence-corrected chi connectivity index (χ4v) is 2.82. The molecule has 1 aliphatic carbocycles. The van der Waals surface area contributed by atoms with Gasteiger partial charge in [0.25, 0.3) is 5.91 Å². The molecule has 1 atom stereocenters. The number of methoxy groups -OCH3 is 1. The van der Waals surface area contributed by atoms with Gasteiger partial charge in [0.2, 0.25) is 0 Å². The molecule has 0 radical (unpaired) electrons. The first-order valence-electron chi connectivity index (χ1n) is 7.15. The highest BCUT2D eigenvalue weighted by atomic mass is 16.5. The average Bonchev–Trinajstić information content (AvgIpc) is 3.19. The van der Waals surface area contributed by atoms with Gasteiger partial charge in [-0.15, -0.1) is 0 Å². The number of carbonyl (C=O) groups excluding carboxylic acids is 1. The Morgan fingerprint density at radius 2 is 2.15 bits per heavy atom. The largest absolute Gasteiger partial charge is 0.497 e. The highest BCUT2D eigenvalue weighted by Gasteiger charge is 2.34. The number of hydrogen-bond donors (Lipinski definition) is 2. The van der Waals surface area contributed by atoms with Gasteiger partial charge in [-0.1, -0.05) is 0 Å². The molecule has 1 unspecified atom stereocenters. The van der Waals surface area contributed by atoms with Crippen LogP contribution in [-0.2, 0) is 0 Å². The highest BCUT2D eigenvalue weighted by molar-refractivity contribution is 5.95. The van der Waals surface area contributed by atoms with Gasteiger partial charge in [0.05, 0.1) is 7.11 Å². The predicted molar refractivity (Wildman–Crippen MR) is 77.9 cm³/mol. The van der Waals surface area contributed by atoms with E-state index in [0.29, 0.717) is 17.0 Å². The fourth-order valence-electron chi connectivity index (χ4n) is 2.82. The van der Waals surface area contributed by atoms with E-state index in [9.17, 15) is 4.79 Å². The smallest absolute Gasteiger partial charge is 0.251 e. The van der Waals surface area contributed by atoms with Crippen LogP contribution in [0.4, 0.5) is 5.69 Å². The molecule has 2 fully saturated rings. The van der Waals surface area contributed by atoms with Crippen LogP contribution in [0.2, 0.25) is 0 Å². The number of nitrogens with two attached hydrogens (primary N) is 1. The summed E-state index contributed by atoms with van der Waals surface area (Å²) in [5, 5.41) is 3.09. The summed E-state index contributed by atoms with van der Waals surface area (Å²) in [5.74, 6) is 0.541. The van der Waals surface area contributed by atoms with Crippen molar-refractivity contribution in [3.8, 4) is 5.75 Å². The van der Waals surface area contributed by atoms with Crippen LogP contribution in [0.25, 0.3) is 0 Å². The van der Waals surface area contributed by atoms with E-state index in [4.69, 9.17) is 10.5 Å². The summed E-state index contributed by atoms with van der Waals surface area (Å²) < 4.78 is 5.14. The molecule has 5 nitrogen and oxygen atoms in total. The summed E-state index contributed by atoms with van der Waals surface area (Å²) in [6.45, 7) is 2.06. The Labute approximate surface area is 119 Å². The highest BCUT2D eigenvalue weighted by Crippen LogP contribution is 2.29. The number of rotatable bonds is 4. The number of nitrogens with one attached hydrogen (secondary N) is 1. The second-order valence-electron chi connectivity index (χ2n) is 5.68. The van der Waals surface area contributed by atoms with Crippen molar-refractivity contribution in [2.24, 2.45) is 0 Å². The molecule has 1 aliphatic heterocycles. The number of amides is 1. The Balaban J connectivity index is 1.62. The van der Waals surface area contributed by atoms with Gasteiger partial charge in [-0.3, -0.25) is 9.69 Å². The van der Waals surface area contributed by atoms with Gasteiger partial charge in [-0.05, 0) is 31.4 Å². The molecular formula is C15H21N3O2. The number of ether oxygens (including phenoxy) is 1. The first kappa shape index (κ1) is 13.2. The minimum absolute atomic E-state index is 0.0711. The van der Waals surface area contributed by atoms with Crippen molar-refractivity contribution >= 4 is 11.6 Å². The number of anilines is 1. The van der Waals surface area contributed by atoms with Crippen LogP contribution in [0, 0.1) is 0 Å². The van der Waals surface area contributed by atoms with Crippen LogP contribution in [0.3, 0.4) is 0 Å². The molecule has 0 spiro atoms. The Bertz CT molecular complexity index is 514. The summed E-state index contributed by atoms with van der Waals surface area (Å²) in [7, 11) is 1.57. The molecule has 1 saturated carbocycles. The standard InChI is InChI=1S/C15H21N3O2/c1-20-14-7-10(6-11(16)8-14)15(19)17-12-4-5-18(9-12)13-2-3-13/h6-8,12-13H,2-5,9,16H2,1H3,(H,17,19). The third kappa shape index (κ3) is 2.88. The van der Waals surface area contributed by atoms with Gasteiger partial charge in [-0.25, -0.2) is 0 Å². The lowest BCUT2D eigenvalue weighted by Gasteiger charge is -2.16. The molecule has 20 heavy (non-hydrogen) atoms. The lowest BCUT2D eigenvalue weighted by Crippen LogP contribution is -2.37. The summed E-state index contributed by atoms with van der Waals surface area (Å²) >= 11 is 0. The number of likely N-dealkylation sites (tertiary alicyclic amines) is 1.